The zero-order valence-corrected chi connectivity index (χ0v) is 19.5. The van der Waals surface area contributed by atoms with Gasteiger partial charge in [-0.25, -0.2) is 14.4 Å². The van der Waals surface area contributed by atoms with Gasteiger partial charge in [0.1, 0.15) is 0 Å². The molecular formula is C23H16Cl2N2O9. The standard InChI is InChI=1S/C23H16Cl2N2O9/c24-14-7-3-12(4-8-14)22(32)35-17(20(29)27-26-19(28)16-2-1-11-34-16)18(21(30)31)36-23(33)13-5-9-15(25)10-6-13/h1-11,17-18H,(H,26,28)(H,27,29)(H,30,31)/t17-,18-/m1/s1. The number of aliphatic carboxylic acids is 1. The van der Waals surface area contributed by atoms with Crippen LogP contribution in [0.1, 0.15) is 31.3 Å². The monoisotopic (exact) mass is 534 g/mol. The number of furan rings is 1. The third-order valence-electron chi connectivity index (χ3n) is 4.45. The predicted octanol–water partition coefficient (Wildman–Crippen LogP) is 2.88. The van der Waals surface area contributed by atoms with Crippen molar-refractivity contribution < 1.29 is 43.0 Å². The second-order valence-corrected chi connectivity index (χ2v) is 7.80. The van der Waals surface area contributed by atoms with Crippen molar-refractivity contribution in [3.8, 4) is 0 Å². The van der Waals surface area contributed by atoms with E-state index < -0.39 is 41.9 Å². The maximum absolute atomic E-state index is 12.8. The number of carbonyl (C=O) groups excluding carboxylic acids is 4. The Hall–Kier alpha value is -4.35. The number of esters is 2. The number of carbonyl (C=O) groups is 5. The van der Waals surface area contributed by atoms with E-state index in [2.05, 4.69) is 0 Å². The van der Waals surface area contributed by atoms with Crippen molar-refractivity contribution in [2.24, 2.45) is 0 Å². The molecule has 0 spiro atoms. The summed E-state index contributed by atoms with van der Waals surface area (Å²) < 4.78 is 15.0. The highest BCUT2D eigenvalue weighted by Crippen LogP contribution is 2.16. The van der Waals surface area contributed by atoms with Gasteiger partial charge in [-0.2, -0.15) is 0 Å². The summed E-state index contributed by atoms with van der Waals surface area (Å²) in [5.41, 5.74) is 3.74. The molecule has 0 bridgehead atoms. The maximum atomic E-state index is 12.8. The number of hydrogen-bond acceptors (Lipinski definition) is 8. The van der Waals surface area contributed by atoms with E-state index in [1.165, 1.54) is 66.9 Å². The van der Waals surface area contributed by atoms with Gasteiger partial charge in [-0.3, -0.25) is 20.4 Å². The summed E-state index contributed by atoms with van der Waals surface area (Å²) >= 11 is 11.6. The molecule has 0 aliphatic heterocycles. The molecule has 36 heavy (non-hydrogen) atoms. The molecule has 186 valence electrons. The second-order valence-electron chi connectivity index (χ2n) is 6.92. The minimum atomic E-state index is -2.30. The van der Waals surface area contributed by atoms with E-state index in [0.717, 1.165) is 0 Å². The second kappa shape index (κ2) is 11.9. The van der Waals surface area contributed by atoms with Crippen molar-refractivity contribution in [1.29, 1.82) is 0 Å². The van der Waals surface area contributed by atoms with Gasteiger partial charge in [0, 0.05) is 10.0 Å². The van der Waals surface area contributed by atoms with E-state index in [-0.39, 0.29) is 16.9 Å². The summed E-state index contributed by atoms with van der Waals surface area (Å²) in [4.78, 5) is 62.0. The number of carboxylic acids is 1. The van der Waals surface area contributed by atoms with Gasteiger partial charge in [-0.1, -0.05) is 23.2 Å². The molecule has 1 aromatic heterocycles. The molecule has 3 N–H and O–H groups in total. The molecule has 2 atom stereocenters. The van der Waals surface area contributed by atoms with Crippen LogP contribution in [0.15, 0.2) is 71.3 Å². The van der Waals surface area contributed by atoms with Crippen molar-refractivity contribution in [2.45, 2.75) is 12.2 Å². The molecule has 0 saturated carbocycles. The summed E-state index contributed by atoms with van der Waals surface area (Å²) in [6.07, 6.45) is -3.31. The van der Waals surface area contributed by atoms with Crippen LogP contribution in [0.3, 0.4) is 0 Å². The van der Waals surface area contributed by atoms with Gasteiger partial charge in [-0.15, -0.1) is 0 Å². The SMILES string of the molecule is O=C(O[C@@H](C(=O)O)[C@@H](OC(=O)c1ccc(Cl)cc1)C(=O)NNC(=O)c1ccco1)c1ccc(Cl)cc1. The molecule has 13 heteroatoms. The van der Waals surface area contributed by atoms with Crippen LogP contribution >= 0.6 is 23.2 Å². The molecule has 1 heterocycles. The number of ether oxygens (including phenoxy) is 2. The third-order valence-corrected chi connectivity index (χ3v) is 4.95. The van der Waals surface area contributed by atoms with Crippen LogP contribution in [-0.4, -0.2) is 47.0 Å². The largest absolute Gasteiger partial charge is 0.478 e. The summed E-state index contributed by atoms with van der Waals surface area (Å²) in [5.74, 6) is -6.45. The fraction of sp³-hybridized carbons (Fsp3) is 0.0870. The quantitative estimate of drug-likeness (QED) is 0.291. The number of hydrazine groups is 1. The Morgan fingerprint density at radius 3 is 1.69 bits per heavy atom. The van der Waals surface area contributed by atoms with Gasteiger partial charge in [0.05, 0.1) is 17.4 Å². The summed E-state index contributed by atoms with van der Waals surface area (Å²) in [6.45, 7) is 0. The highest BCUT2D eigenvalue weighted by molar-refractivity contribution is 6.31. The van der Waals surface area contributed by atoms with Crippen molar-refractivity contribution in [1.82, 2.24) is 10.9 Å². The van der Waals surface area contributed by atoms with Gasteiger partial charge in [-0.05, 0) is 60.7 Å². The first-order chi connectivity index (χ1) is 17.2. The molecule has 0 unspecified atom stereocenters. The molecule has 0 fully saturated rings. The zero-order chi connectivity index (χ0) is 26.2. The molecule has 2 aromatic carbocycles. The maximum Gasteiger partial charge on any atom is 0.349 e. The summed E-state index contributed by atoms with van der Waals surface area (Å²) in [5, 5.41) is 10.3. The van der Waals surface area contributed by atoms with Crippen LogP contribution in [0, 0.1) is 0 Å². The van der Waals surface area contributed by atoms with Crippen LogP contribution in [0.25, 0.3) is 0 Å². The lowest BCUT2D eigenvalue weighted by Gasteiger charge is -2.23. The lowest BCUT2D eigenvalue weighted by molar-refractivity contribution is -0.159. The number of nitrogens with one attached hydrogen (secondary N) is 2. The van der Waals surface area contributed by atoms with E-state index in [1.807, 2.05) is 10.9 Å². The van der Waals surface area contributed by atoms with E-state index in [1.54, 1.807) is 0 Å². The number of benzene rings is 2. The Balaban J connectivity index is 1.83. The van der Waals surface area contributed by atoms with E-state index in [0.29, 0.717) is 10.0 Å². The third kappa shape index (κ3) is 6.84. The molecular weight excluding hydrogens is 519 g/mol. The Bertz CT molecular complexity index is 1260. The van der Waals surface area contributed by atoms with E-state index in [4.69, 9.17) is 37.1 Å². The highest BCUT2D eigenvalue weighted by Gasteiger charge is 2.41. The molecule has 11 nitrogen and oxygen atoms in total. The van der Waals surface area contributed by atoms with Crippen molar-refractivity contribution in [3.63, 3.8) is 0 Å². The smallest absolute Gasteiger partial charge is 0.349 e. The Labute approximate surface area is 212 Å². The van der Waals surface area contributed by atoms with Gasteiger partial charge < -0.3 is 19.0 Å². The topological polar surface area (TPSA) is 161 Å². The van der Waals surface area contributed by atoms with Gasteiger partial charge in [0.15, 0.2) is 5.76 Å². The first-order valence-electron chi connectivity index (χ1n) is 9.95. The van der Waals surface area contributed by atoms with Gasteiger partial charge in [0.25, 0.3) is 5.91 Å². The Kier molecular flexibility index (Phi) is 8.66. The lowest BCUT2D eigenvalue weighted by atomic mass is 10.1. The average Bonchev–Trinajstić information content (AvgIpc) is 3.40. The molecule has 2 amide bonds. The predicted molar refractivity (Wildman–Crippen MR) is 123 cm³/mol. The first-order valence-corrected chi connectivity index (χ1v) is 10.7. The van der Waals surface area contributed by atoms with Crippen molar-refractivity contribution in [3.05, 3.63) is 93.9 Å². The van der Waals surface area contributed by atoms with Crippen molar-refractivity contribution in [2.75, 3.05) is 0 Å². The number of amides is 2. The molecule has 0 radical (unpaired) electrons. The van der Waals surface area contributed by atoms with Crippen LogP contribution in [0.2, 0.25) is 10.0 Å². The minimum absolute atomic E-state index is 0.0787. The molecule has 0 aliphatic rings. The van der Waals surface area contributed by atoms with E-state index >= 15 is 0 Å². The Morgan fingerprint density at radius 2 is 1.25 bits per heavy atom. The van der Waals surface area contributed by atoms with Crippen molar-refractivity contribution >= 4 is 52.9 Å². The van der Waals surface area contributed by atoms with Gasteiger partial charge >= 0.3 is 23.8 Å². The van der Waals surface area contributed by atoms with Crippen LogP contribution in [-0.2, 0) is 19.1 Å². The number of carboxylic acid groups (broad SMARTS) is 1. The minimum Gasteiger partial charge on any atom is -0.478 e. The lowest BCUT2D eigenvalue weighted by Crippen LogP contribution is -2.54. The van der Waals surface area contributed by atoms with E-state index in [9.17, 15) is 29.1 Å². The number of halogens is 2. The fourth-order valence-electron chi connectivity index (χ4n) is 2.69. The summed E-state index contributed by atoms with van der Waals surface area (Å²) in [7, 11) is 0. The molecule has 0 aliphatic carbocycles. The van der Waals surface area contributed by atoms with Crippen LogP contribution < -0.4 is 10.9 Å². The molecule has 0 saturated heterocycles. The molecule has 3 aromatic rings. The fourth-order valence-corrected chi connectivity index (χ4v) is 2.94. The summed E-state index contributed by atoms with van der Waals surface area (Å²) in [6, 6.07) is 13.3. The highest BCUT2D eigenvalue weighted by atomic mass is 35.5. The molecule has 3 rings (SSSR count). The normalized spacial score (nSPS) is 12.1. The first kappa shape index (κ1) is 26.3. The average molecular weight is 535 g/mol. The number of rotatable bonds is 8. The van der Waals surface area contributed by atoms with Gasteiger partial charge in [0.2, 0.25) is 12.2 Å². The zero-order valence-electron chi connectivity index (χ0n) is 18.0. The number of hydrogen-bond donors (Lipinski definition) is 3. The van der Waals surface area contributed by atoms with Crippen LogP contribution in [0.4, 0.5) is 0 Å². The Morgan fingerprint density at radius 1 is 0.750 bits per heavy atom. The van der Waals surface area contributed by atoms with Crippen LogP contribution in [0.5, 0.6) is 0 Å².